The Morgan fingerprint density at radius 2 is 1.70 bits per heavy atom. The molecule has 0 spiro atoms. The van der Waals surface area contributed by atoms with Crippen LogP contribution in [0, 0.1) is 6.92 Å². The van der Waals surface area contributed by atoms with E-state index in [1.54, 1.807) is 16.3 Å². The van der Waals surface area contributed by atoms with Gasteiger partial charge in [0.1, 0.15) is 0 Å². The first-order valence-corrected chi connectivity index (χ1v) is 9.95. The van der Waals surface area contributed by atoms with E-state index < -0.39 is 0 Å². The summed E-state index contributed by atoms with van der Waals surface area (Å²) < 4.78 is 1.68. The van der Waals surface area contributed by atoms with Gasteiger partial charge in [0.15, 0.2) is 5.16 Å². The van der Waals surface area contributed by atoms with Crippen LogP contribution in [0.5, 0.6) is 0 Å². The highest BCUT2D eigenvalue weighted by Crippen LogP contribution is 2.28. The predicted octanol–water partition coefficient (Wildman–Crippen LogP) is 5.64. The van der Waals surface area contributed by atoms with Crippen molar-refractivity contribution in [2.24, 2.45) is 0 Å². The molecule has 0 aliphatic carbocycles. The SMILES string of the molecule is Cc1c(Cl)cccc1-n1c(SCc2ccccc2)nc2ccccc2c1=O. The number of hydrogen-bond donors (Lipinski definition) is 0. The highest BCUT2D eigenvalue weighted by molar-refractivity contribution is 7.98. The minimum Gasteiger partial charge on any atom is -0.268 e. The van der Waals surface area contributed by atoms with Crippen LogP contribution in [0.2, 0.25) is 5.02 Å². The van der Waals surface area contributed by atoms with Gasteiger partial charge in [-0.05, 0) is 42.3 Å². The van der Waals surface area contributed by atoms with E-state index in [0.717, 1.165) is 17.0 Å². The summed E-state index contributed by atoms with van der Waals surface area (Å²) in [6, 6.07) is 23.2. The lowest BCUT2D eigenvalue weighted by Gasteiger charge is -2.15. The van der Waals surface area contributed by atoms with Crippen molar-refractivity contribution in [3.63, 3.8) is 0 Å². The van der Waals surface area contributed by atoms with Crippen LogP contribution in [0.25, 0.3) is 16.6 Å². The third kappa shape index (κ3) is 3.51. The quantitative estimate of drug-likeness (QED) is 0.333. The lowest BCUT2D eigenvalue weighted by molar-refractivity contribution is 0.814. The van der Waals surface area contributed by atoms with Crippen molar-refractivity contribution < 1.29 is 0 Å². The predicted molar refractivity (Wildman–Crippen MR) is 113 cm³/mol. The zero-order chi connectivity index (χ0) is 18.8. The number of fused-ring (bicyclic) bond motifs is 1. The Kier molecular flexibility index (Phi) is 5.01. The molecule has 4 rings (SSSR count). The average molecular weight is 393 g/mol. The first-order chi connectivity index (χ1) is 13.1. The number of nitrogens with zero attached hydrogens (tertiary/aromatic N) is 2. The van der Waals surface area contributed by atoms with Crippen LogP contribution in [-0.4, -0.2) is 9.55 Å². The fraction of sp³-hybridized carbons (Fsp3) is 0.0909. The van der Waals surface area contributed by atoms with Crippen LogP contribution in [0.1, 0.15) is 11.1 Å². The summed E-state index contributed by atoms with van der Waals surface area (Å²) in [5, 5.41) is 1.89. The van der Waals surface area contributed by atoms with Crippen molar-refractivity contribution in [3.05, 3.63) is 99.3 Å². The Bertz CT molecular complexity index is 1170. The van der Waals surface area contributed by atoms with E-state index in [1.807, 2.05) is 67.6 Å². The first-order valence-electron chi connectivity index (χ1n) is 8.59. The second kappa shape index (κ2) is 7.59. The summed E-state index contributed by atoms with van der Waals surface area (Å²) in [6.45, 7) is 1.92. The zero-order valence-corrected chi connectivity index (χ0v) is 16.3. The minimum atomic E-state index is -0.0819. The molecule has 134 valence electrons. The van der Waals surface area contributed by atoms with Crippen LogP contribution in [0.3, 0.4) is 0 Å². The Labute approximate surface area is 166 Å². The van der Waals surface area contributed by atoms with E-state index in [0.29, 0.717) is 21.1 Å². The maximum atomic E-state index is 13.3. The van der Waals surface area contributed by atoms with E-state index in [1.165, 1.54) is 5.56 Å². The van der Waals surface area contributed by atoms with E-state index in [9.17, 15) is 4.79 Å². The fourth-order valence-corrected chi connectivity index (χ4v) is 4.11. The van der Waals surface area contributed by atoms with Gasteiger partial charge < -0.3 is 0 Å². The van der Waals surface area contributed by atoms with Crippen molar-refractivity contribution in [3.8, 4) is 5.69 Å². The van der Waals surface area contributed by atoms with Gasteiger partial charge in [-0.15, -0.1) is 0 Å². The van der Waals surface area contributed by atoms with Crippen molar-refractivity contribution in [2.45, 2.75) is 17.8 Å². The zero-order valence-electron chi connectivity index (χ0n) is 14.7. The standard InChI is InChI=1S/C22H17ClN2OS/c1-15-18(23)11-7-13-20(15)25-21(26)17-10-5-6-12-19(17)24-22(25)27-14-16-8-3-2-4-9-16/h2-13H,14H2,1H3. The van der Waals surface area contributed by atoms with Crippen molar-refractivity contribution in [1.29, 1.82) is 0 Å². The molecule has 0 unspecified atom stereocenters. The van der Waals surface area contributed by atoms with Gasteiger partial charge in [0.25, 0.3) is 5.56 Å². The molecule has 1 heterocycles. The van der Waals surface area contributed by atoms with Gasteiger partial charge in [0.2, 0.25) is 0 Å². The van der Waals surface area contributed by atoms with Gasteiger partial charge in [-0.25, -0.2) is 4.98 Å². The van der Waals surface area contributed by atoms with E-state index in [-0.39, 0.29) is 5.56 Å². The van der Waals surface area contributed by atoms with Crippen molar-refractivity contribution >= 4 is 34.3 Å². The molecule has 0 fully saturated rings. The largest absolute Gasteiger partial charge is 0.268 e. The highest BCUT2D eigenvalue weighted by atomic mass is 35.5. The molecule has 0 aliphatic heterocycles. The molecule has 1 aromatic heterocycles. The van der Waals surface area contributed by atoms with Crippen LogP contribution in [0.4, 0.5) is 0 Å². The Morgan fingerprint density at radius 3 is 2.52 bits per heavy atom. The van der Waals surface area contributed by atoms with E-state index >= 15 is 0 Å². The highest BCUT2D eigenvalue weighted by Gasteiger charge is 2.15. The maximum Gasteiger partial charge on any atom is 0.266 e. The summed E-state index contributed by atoms with van der Waals surface area (Å²) in [7, 11) is 0. The molecule has 5 heteroatoms. The van der Waals surface area contributed by atoms with E-state index in [4.69, 9.17) is 16.6 Å². The molecule has 4 aromatic rings. The van der Waals surface area contributed by atoms with Gasteiger partial charge in [-0.1, -0.05) is 71.9 Å². The third-order valence-electron chi connectivity index (χ3n) is 4.44. The molecule has 0 saturated carbocycles. The second-order valence-electron chi connectivity index (χ2n) is 6.21. The van der Waals surface area contributed by atoms with Gasteiger partial charge in [0, 0.05) is 10.8 Å². The number of hydrogen-bond acceptors (Lipinski definition) is 3. The van der Waals surface area contributed by atoms with Gasteiger partial charge in [-0.3, -0.25) is 9.36 Å². The van der Waals surface area contributed by atoms with Gasteiger partial charge >= 0.3 is 0 Å². The Hall–Kier alpha value is -2.56. The number of para-hydroxylation sites is 1. The topological polar surface area (TPSA) is 34.9 Å². The monoisotopic (exact) mass is 392 g/mol. The molecule has 3 aromatic carbocycles. The summed E-state index contributed by atoms with van der Waals surface area (Å²) in [5.74, 6) is 0.727. The second-order valence-corrected chi connectivity index (χ2v) is 7.56. The Balaban J connectivity index is 1.90. The summed E-state index contributed by atoms with van der Waals surface area (Å²) >= 11 is 7.86. The molecule has 0 radical (unpaired) electrons. The fourth-order valence-electron chi connectivity index (χ4n) is 2.98. The number of thioether (sulfide) groups is 1. The molecule has 0 amide bonds. The number of halogens is 1. The summed E-state index contributed by atoms with van der Waals surface area (Å²) in [4.78, 5) is 18.1. The average Bonchev–Trinajstić information content (AvgIpc) is 2.70. The smallest absolute Gasteiger partial charge is 0.266 e. The summed E-state index contributed by atoms with van der Waals surface area (Å²) in [6.07, 6.45) is 0. The number of rotatable bonds is 4. The maximum absolute atomic E-state index is 13.3. The third-order valence-corrected chi connectivity index (χ3v) is 5.85. The first kappa shape index (κ1) is 17.8. The molecule has 0 atom stereocenters. The lowest BCUT2D eigenvalue weighted by atomic mass is 10.2. The molecule has 0 bridgehead atoms. The van der Waals surface area contributed by atoms with Crippen LogP contribution < -0.4 is 5.56 Å². The van der Waals surface area contributed by atoms with Gasteiger partial charge in [-0.2, -0.15) is 0 Å². The summed E-state index contributed by atoms with van der Waals surface area (Å²) in [5.41, 5.74) is 3.43. The minimum absolute atomic E-state index is 0.0819. The van der Waals surface area contributed by atoms with Crippen LogP contribution in [-0.2, 0) is 5.75 Å². The van der Waals surface area contributed by atoms with Crippen molar-refractivity contribution in [1.82, 2.24) is 9.55 Å². The number of benzene rings is 3. The molecule has 3 nitrogen and oxygen atoms in total. The normalized spacial score (nSPS) is 11.0. The molecule has 27 heavy (non-hydrogen) atoms. The van der Waals surface area contributed by atoms with Crippen LogP contribution in [0.15, 0.2) is 82.7 Å². The Morgan fingerprint density at radius 1 is 0.963 bits per heavy atom. The molecule has 0 N–H and O–H groups in total. The van der Waals surface area contributed by atoms with Crippen LogP contribution >= 0.6 is 23.4 Å². The van der Waals surface area contributed by atoms with Crippen molar-refractivity contribution in [2.75, 3.05) is 0 Å². The molecule has 0 aliphatic rings. The molecule has 0 saturated heterocycles. The molecular formula is C22H17ClN2OS. The molecular weight excluding hydrogens is 376 g/mol. The van der Waals surface area contributed by atoms with E-state index in [2.05, 4.69) is 12.1 Å². The lowest BCUT2D eigenvalue weighted by Crippen LogP contribution is -2.22. The van der Waals surface area contributed by atoms with Gasteiger partial charge in [0.05, 0.1) is 16.6 Å². The number of aromatic nitrogens is 2.